The molecule has 0 amide bonds. The van der Waals surface area contributed by atoms with Gasteiger partial charge < -0.3 is 14.5 Å². The summed E-state index contributed by atoms with van der Waals surface area (Å²) in [6.07, 6.45) is 0. The molecule has 0 aliphatic heterocycles. The Bertz CT molecular complexity index is 1010. The standard InChI is InChI=1S/C19H16ClNO4/c1-3-25-19(23)16-17(11-5-4-6-12(20)9-11)21-15-8-7-13(24-2)10-14(15)18(16)22/h4-10H,3H2,1-2H3,(H,21,22). The highest BCUT2D eigenvalue weighted by molar-refractivity contribution is 6.30. The molecule has 0 aliphatic carbocycles. The van der Waals surface area contributed by atoms with Crippen LogP contribution in [0.4, 0.5) is 0 Å². The Kier molecular flexibility index (Phi) is 4.76. The van der Waals surface area contributed by atoms with E-state index in [4.69, 9.17) is 21.1 Å². The molecular weight excluding hydrogens is 342 g/mol. The number of hydrogen-bond acceptors (Lipinski definition) is 4. The molecule has 0 aliphatic rings. The first-order valence-corrected chi connectivity index (χ1v) is 8.10. The number of ether oxygens (including phenoxy) is 2. The summed E-state index contributed by atoms with van der Waals surface area (Å²) in [6, 6.07) is 12.0. The predicted octanol–water partition coefficient (Wildman–Crippen LogP) is 4.03. The fourth-order valence-electron chi connectivity index (χ4n) is 2.65. The number of carbonyl (C=O) groups excluding carboxylic acids is 1. The summed E-state index contributed by atoms with van der Waals surface area (Å²) < 4.78 is 10.3. The van der Waals surface area contributed by atoms with Gasteiger partial charge in [-0.15, -0.1) is 0 Å². The van der Waals surface area contributed by atoms with Gasteiger partial charge in [0.15, 0.2) is 0 Å². The molecule has 0 saturated carbocycles. The lowest BCUT2D eigenvalue weighted by Crippen LogP contribution is -2.20. The minimum Gasteiger partial charge on any atom is -0.497 e. The molecule has 0 fully saturated rings. The van der Waals surface area contributed by atoms with E-state index >= 15 is 0 Å². The van der Waals surface area contributed by atoms with Crippen LogP contribution in [0.2, 0.25) is 5.02 Å². The number of esters is 1. The topological polar surface area (TPSA) is 68.4 Å². The van der Waals surface area contributed by atoms with Crippen LogP contribution < -0.4 is 10.2 Å². The smallest absolute Gasteiger partial charge is 0.344 e. The molecule has 128 valence electrons. The molecule has 2 aromatic carbocycles. The number of pyridine rings is 1. The first-order chi connectivity index (χ1) is 12.0. The number of aromatic nitrogens is 1. The number of rotatable bonds is 4. The molecule has 1 aromatic heterocycles. The van der Waals surface area contributed by atoms with E-state index in [-0.39, 0.29) is 12.2 Å². The van der Waals surface area contributed by atoms with Gasteiger partial charge in [-0.05, 0) is 37.3 Å². The number of halogens is 1. The molecule has 0 saturated heterocycles. The first kappa shape index (κ1) is 17.0. The average Bonchev–Trinajstić information content (AvgIpc) is 2.61. The maximum atomic E-state index is 13.0. The van der Waals surface area contributed by atoms with Gasteiger partial charge in [0, 0.05) is 10.6 Å². The van der Waals surface area contributed by atoms with Gasteiger partial charge in [0.2, 0.25) is 5.43 Å². The van der Waals surface area contributed by atoms with Crippen molar-refractivity contribution < 1.29 is 14.3 Å². The van der Waals surface area contributed by atoms with Crippen LogP contribution in [0.3, 0.4) is 0 Å². The summed E-state index contributed by atoms with van der Waals surface area (Å²) in [5, 5.41) is 0.858. The second kappa shape index (κ2) is 6.99. The number of nitrogens with one attached hydrogen (secondary N) is 1. The van der Waals surface area contributed by atoms with Crippen LogP contribution in [0.1, 0.15) is 17.3 Å². The van der Waals surface area contributed by atoms with E-state index in [0.717, 1.165) is 0 Å². The Morgan fingerprint density at radius 2 is 2.00 bits per heavy atom. The van der Waals surface area contributed by atoms with E-state index in [9.17, 15) is 9.59 Å². The Morgan fingerprint density at radius 3 is 2.68 bits per heavy atom. The molecule has 25 heavy (non-hydrogen) atoms. The summed E-state index contributed by atoms with van der Waals surface area (Å²) in [5.74, 6) is -0.147. The van der Waals surface area contributed by atoms with Gasteiger partial charge in [-0.3, -0.25) is 4.79 Å². The van der Waals surface area contributed by atoms with Crippen LogP contribution in [-0.2, 0) is 4.74 Å². The fourth-order valence-corrected chi connectivity index (χ4v) is 2.84. The molecule has 1 N–H and O–H groups in total. The minimum absolute atomic E-state index is 0.0510. The highest BCUT2D eigenvalue weighted by Gasteiger charge is 2.21. The van der Waals surface area contributed by atoms with Gasteiger partial charge in [-0.1, -0.05) is 23.7 Å². The number of carbonyl (C=O) groups is 1. The number of aromatic amines is 1. The van der Waals surface area contributed by atoms with E-state index in [2.05, 4.69) is 4.98 Å². The Morgan fingerprint density at radius 1 is 1.20 bits per heavy atom. The lowest BCUT2D eigenvalue weighted by molar-refractivity contribution is 0.0525. The second-order valence-electron chi connectivity index (χ2n) is 5.35. The van der Waals surface area contributed by atoms with Crippen molar-refractivity contribution >= 4 is 28.5 Å². The first-order valence-electron chi connectivity index (χ1n) is 7.72. The summed E-state index contributed by atoms with van der Waals surface area (Å²) >= 11 is 6.06. The minimum atomic E-state index is -0.677. The van der Waals surface area contributed by atoms with E-state index in [1.807, 2.05) is 0 Å². The zero-order chi connectivity index (χ0) is 18.0. The van der Waals surface area contributed by atoms with Crippen molar-refractivity contribution in [3.05, 3.63) is 63.3 Å². The van der Waals surface area contributed by atoms with Crippen molar-refractivity contribution in [3.8, 4) is 17.0 Å². The quantitative estimate of drug-likeness (QED) is 0.716. The maximum Gasteiger partial charge on any atom is 0.344 e. The molecule has 1 heterocycles. The predicted molar refractivity (Wildman–Crippen MR) is 97.5 cm³/mol. The van der Waals surface area contributed by atoms with Gasteiger partial charge in [-0.25, -0.2) is 4.79 Å². The molecule has 0 radical (unpaired) electrons. The summed E-state index contributed by atoms with van der Waals surface area (Å²) in [7, 11) is 1.52. The van der Waals surface area contributed by atoms with Crippen molar-refractivity contribution in [1.82, 2.24) is 4.98 Å². The monoisotopic (exact) mass is 357 g/mol. The van der Waals surface area contributed by atoms with Crippen LogP contribution in [0.15, 0.2) is 47.3 Å². The number of hydrogen-bond donors (Lipinski definition) is 1. The van der Waals surface area contributed by atoms with Crippen molar-refractivity contribution in [2.75, 3.05) is 13.7 Å². The Hall–Kier alpha value is -2.79. The van der Waals surface area contributed by atoms with Crippen LogP contribution in [-0.4, -0.2) is 24.7 Å². The molecule has 6 heteroatoms. The summed E-state index contributed by atoms with van der Waals surface area (Å²) in [5.41, 5.74) is 1.13. The number of H-pyrrole nitrogens is 1. The van der Waals surface area contributed by atoms with Gasteiger partial charge in [0.05, 0.1) is 30.3 Å². The molecule has 5 nitrogen and oxygen atoms in total. The third-order valence-corrected chi connectivity index (χ3v) is 4.04. The number of benzene rings is 2. The molecular formula is C19H16ClNO4. The third kappa shape index (κ3) is 3.23. The lowest BCUT2D eigenvalue weighted by Gasteiger charge is -2.12. The van der Waals surface area contributed by atoms with Crippen LogP contribution in [0, 0.1) is 0 Å². The number of methoxy groups -OCH3 is 1. The maximum absolute atomic E-state index is 13.0. The Balaban J connectivity index is 2.36. The zero-order valence-electron chi connectivity index (χ0n) is 13.8. The summed E-state index contributed by atoms with van der Waals surface area (Å²) in [6.45, 7) is 1.86. The fraction of sp³-hybridized carbons (Fsp3) is 0.158. The zero-order valence-corrected chi connectivity index (χ0v) is 14.5. The van der Waals surface area contributed by atoms with Gasteiger partial charge in [-0.2, -0.15) is 0 Å². The van der Waals surface area contributed by atoms with Crippen molar-refractivity contribution in [1.29, 1.82) is 0 Å². The number of fused-ring (bicyclic) bond motifs is 1. The van der Waals surface area contributed by atoms with Crippen molar-refractivity contribution in [2.45, 2.75) is 6.92 Å². The van der Waals surface area contributed by atoms with Crippen molar-refractivity contribution in [2.24, 2.45) is 0 Å². The van der Waals surface area contributed by atoms with Gasteiger partial charge in [0.1, 0.15) is 11.3 Å². The second-order valence-corrected chi connectivity index (χ2v) is 5.78. The SMILES string of the molecule is CCOC(=O)c1c(-c2cccc(Cl)c2)[nH]c2ccc(OC)cc2c1=O. The van der Waals surface area contributed by atoms with Crippen molar-refractivity contribution in [3.63, 3.8) is 0 Å². The van der Waals surface area contributed by atoms with Gasteiger partial charge >= 0.3 is 5.97 Å². The highest BCUT2D eigenvalue weighted by Crippen LogP contribution is 2.27. The average molecular weight is 358 g/mol. The molecule has 3 aromatic rings. The Labute approximate surface area is 149 Å². The van der Waals surface area contributed by atoms with E-state index in [1.165, 1.54) is 7.11 Å². The highest BCUT2D eigenvalue weighted by atomic mass is 35.5. The largest absolute Gasteiger partial charge is 0.497 e. The molecule has 3 rings (SSSR count). The lowest BCUT2D eigenvalue weighted by atomic mass is 10.0. The molecule has 0 bridgehead atoms. The molecule has 0 atom stereocenters. The van der Waals surface area contributed by atoms with Crippen LogP contribution in [0.25, 0.3) is 22.2 Å². The van der Waals surface area contributed by atoms with E-state index < -0.39 is 11.4 Å². The normalized spacial score (nSPS) is 10.7. The summed E-state index contributed by atoms with van der Waals surface area (Å²) in [4.78, 5) is 28.6. The van der Waals surface area contributed by atoms with Crippen LogP contribution >= 0.6 is 11.6 Å². The molecule has 0 spiro atoms. The van der Waals surface area contributed by atoms with E-state index in [0.29, 0.717) is 32.9 Å². The van der Waals surface area contributed by atoms with E-state index in [1.54, 1.807) is 49.4 Å². The van der Waals surface area contributed by atoms with Gasteiger partial charge in [0.25, 0.3) is 0 Å². The molecule has 0 unspecified atom stereocenters. The van der Waals surface area contributed by atoms with Crippen LogP contribution in [0.5, 0.6) is 5.75 Å². The third-order valence-electron chi connectivity index (χ3n) is 3.80.